The van der Waals surface area contributed by atoms with Crippen molar-refractivity contribution in [1.29, 1.82) is 0 Å². The fraction of sp³-hybridized carbons (Fsp3) is 0.348. The van der Waals surface area contributed by atoms with Crippen LogP contribution in [0.1, 0.15) is 32.1 Å². The van der Waals surface area contributed by atoms with Gasteiger partial charge in [0, 0.05) is 38.1 Å². The summed E-state index contributed by atoms with van der Waals surface area (Å²) in [6.07, 6.45) is 1.56. The van der Waals surface area contributed by atoms with E-state index in [1.165, 1.54) is 11.3 Å². The van der Waals surface area contributed by atoms with Crippen molar-refractivity contribution in [3.05, 3.63) is 58.2 Å². The van der Waals surface area contributed by atoms with Gasteiger partial charge in [0.1, 0.15) is 16.6 Å². The highest BCUT2D eigenvalue weighted by Gasteiger charge is 2.21. The average molecular weight is 483 g/mol. The van der Waals surface area contributed by atoms with E-state index in [2.05, 4.69) is 30.3 Å². The predicted molar refractivity (Wildman–Crippen MR) is 129 cm³/mol. The smallest absolute Gasteiger partial charge is 0.339 e. The molecule has 34 heavy (non-hydrogen) atoms. The summed E-state index contributed by atoms with van der Waals surface area (Å²) < 4.78 is 10.1. The third kappa shape index (κ3) is 5.86. The molecule has 0 aliphatic carbocycles. The van der Waals surface area contributed by atoms with Gasteiger partial charge in [-0.1, -0.05) is 11.3 Å². The Balaban J connectivity index is 1.26. The summed E-state index contributed by atoms with van der Waals surface area (Å²) in [5.74, 6) is 0.915. The largest absolute Gasteiger partial charge is 0.497 e. The zero-order chi connectivity index (χ0) is 23.9. The molecule has 1 aliphatic heterocycles. The van der Waals surface area contributed by atoms with Crippen molar-refractivity contribution >= 4 is 34.7 Å². The first-order chi connectivity index (χ1) is 16.6. The molecule has 0 saturated carbocycles. The number of amides is 1. The van der Waals surface area contributed by atoms with Gasteiger partial charge in [0.25, 0.3) is 5.91 Å². The number of carbonyl (C=O) groups is 2. The highest BCUT2D eigenvalue weighted by Crippen LogP contribution is 2.19. The normalized spacial score (nSPS) is 14.0. The number of carbonyl (C=O) groups excluding carboxylic acids is 2. The van der Waals surface area contributed by atoms with E-state index in [4.69, 9.17) is 9.47 Å². The molecule has 1 N–H and O–H groups in total. The molecule has 0 radical (unpaired) electrons. The molecule has 1 aliphatic rings. The van der Waals surface area contributed by atoms with Crippen LogP contribution in [0.15, 0.2) is 42.6 Å². The second-order valence-corrected chi connectivity index (χ2v) is 8.63. The zero-order valence-corrected chi connectivity index (χ0v) is 19.9. The van der Waals surface area contributed by atoms with Crippen LogP contribution in [0.5, 0.6) is 5.75 Å². The summed E-state index contributed by atoms with van der Waals surface area (Å²) >= 11 is 1.30. The number of nitrogens with one attached hydrogen (secondary N) is 1. The molecule has 3 heterocycles. The molecule has 3 aromatic rings. The summed E-state index contributed by atoms with van der Waals surface area (Å²) in [4.78, 5) is 33.1. The van der Waals surface area contributed by atoms with Crippen molar-refractivity contribution in [3.8, 4) is 5.75 Å². The molecule has 1 fully saturated rings. The van der Waals surface area contributed by atoms with Crippen LogP contribution in [0.2, 0.25) is 0 Å². The maximum Gasteiger partial charge on any atom is 0.339 e. The number of methoxy groups -OCH3 is 1. The summed E-state index contributed by atoms with van der Waals surface area (Å²) in [6.45, 7) is 6.01. The van der Waals surface area contributed by atoms with Gasteiger partial charge in [-0.2, -0.15) is 0 Å². The van der Waals surface area contributed by atoms with E-state index in [1.54, 1.807) is 50.6 Å². The van der Waals surface area contributed by atoms with Crippen LogP contribution in [0, 0.1) is 0 Å². The molecular formula is C23H26N6O4S. The van der Waals surface area contributed by atoms with Crippen LogP contribution in [0.4, 0.5) is 11.5 Å². The van der Waals surface area contributed by atoms with Crippen LogP contribution in [0.3, 0.4) is 0 Å². The Morgan fingerprint density at radius 3 is 2.47 bits per heavy atom. The van der Waals surface area contributed by atoms with Crippen molar-refractivity contribution in [2.24, 2.45) is 0 Å². The molecule has 0 spiro atoms. The molecule has 0 unspecified atom stereocenters. The Hall–Kier alpha value is -3.57. The molecule has 4 rings (SSSR count). The number of benzene rings is 1. The lowest BCUT2D eigenvalue weighted by Gasteiger charge is -2.34. The van der Waals surface area contributed by atoms with Crippen LogP contribution in [-0.4, -0.2) is 71.9 Å². The molecule has 10 nitrogen and oxygen atoms in total. The minimum Gasteiger partial charge on any atom is -0.497 e. The van der Waals surface area contributed by atoms with Gasteiger partial charge in [-0.15, -0.1) is 10.2 Å². The number of rotatable bonds is 8. The molecule has 2 aromatic heterocycles. The number of aromatic nitrogens is 3. The van der Waals surface area contributed by atoms with E-state index < -0.39 is 0 Å². The van der Waals surface area contributed by atoms with Gasteiger partial charge in [0.15, 0.2) is 0 Å². The number of esters is 1. The third-order valence-electron chi connectivity index (χ3n) is 5.32. The quantitative estimate of drug-likeness (QED) is 0.485. The summed E-state index contributed by atoms with van der Waals surface area (Å²) in [5, 5.41) is 12.2. The van der Waals surface area contributed by atoms with Gasteiger partial charge in [-0.05, 0) is 43.3 Å². The molecule has 0 bridgehead atoms. The van der Waals surface area contributed by atoms with E-state index in [1.807, 2.05) is 6.07 Å². The second-order valence-electron chi connectivity index (χ2n) is 7.57. The minimum absolute atomic E-state index is 0.281. The van der Waals surface area contributed by atoms with E-state index >= 15 is 0 Å². The molecule has 178 valence electrons. The Bertz CT molecular complexity index is 1110. The van der Waals surface area contributed by atoms with Gasteiger partial charge in [-0.3, -0.25) is 9.69 Å². The van der Waals surface area contributed by atoms with Crippen molar-refractivity contribution in [2.75, 3.05) is 50.1 Å². The van der Waals surface area contributed by atoms with Crippen LogP contribution in [0.25, 0.3) is 0 Å². The van der Waals surface area contributed by atoms with Gasteiger partial charge in [0.05, 0.1) is 25.8 Å². The fourth-order valence-corrected chi connectivity index (χ4v) is 4.28. The monoisotopic (exact) mass is 482 g/mol. The first-order valence-electron chi connectivity index (χ1n) is 10.9. The number of nitrogens with zero attached hydrogens (tertiary/aromatic N) is 5. The number of hydrogen-bond donors (Lipinski definition) is 1. The Morgan fingerprint density at radius 2 is 1.82 bits per heavy atom. The lowest BCUT2D eigenvalue weighted by molar-refractivity contribution is 0.0525. The molecule has 11 heteroatoms. The molecular weight excluding hydrogens is 456 g/mol. The summed E-state index contributed by atoms with van der Waals surface area (Å²) in [7, 11) is 1.60. The van der Waals surface area contributed by atoms with E-state index in [9.17, 15) is 9.59 Å². The standard InChI is InChI=1S/C23H26N6O4S/c1-3-33-23(31)16-4-9-19(24-14-16)29-12-10-28(11-13-29)15-20-26-27-22(34-20)21(30)25-17-5-7-18(32-2)8-6-17/h4-9,14H,3,10-13,15H2,1-2H3,(H,25,30). The SMILES string of the molecule is CCOC(=O)c1ccc(N2CCN(Cc3nnc(C(=O)Nc4ccc(OC)cc4)s3)CC2)nc1. The molecule has 1 saturated heterocycles. The Labute approximate surface area is 201 Å². The van der Waals surface area contributed by atoms with Crippen LogP contribution >= 0.6 is 11.3 Å². The minimum atomic E-state index is -0.361. The second kappa shape index (κ2) is 11.0. The van der Waals surface area contributed by atoms with E-state index in [-0.39, 0.29) is 11.9 Å². The Kier molecular flexibility index (Phi) is 7.65. The first kappa shape index (κ1) is 23.6. The number of piperazine rings is 1. The predicted octanol–water partition coefficient (Wildman–Crippen LogP) is 2.69. The van der Waals surface area contributed by atoms with Crippen molar-refractivity contribution < 1.29 is 19.1 Å². The lowest BCUT2D eigenvalue weighted by Crippen LogP contribution is -2.46. The molecule has 0 atom stereocenters. The molecule has 1 amide bonds. The van der Waals surface area contributed by atoms with E-state index in [0.717, 1.165) is 42.8 Å². The highest BCUT2D eigenvalue weighted by molar-refractivity contribution is 7.13. The van der Waals surface area contributed by atoms with Crippen LogP contribution in [-0.2, 0) is 11.3 Å². The average Bonchev–Trinajstić information content (AvgIpc) is 3.34. The van der Waals surface area contributed by atoms with Gasteiger partial charge in [0.2, 0.25) is 5.01 Å². The fourth-order valence-electron chi connectivity index (χ4n) is 3.50. The van der Waals surface area contributed by atoms with Crippen molar-refractivity contribution in [2.45, 2.75) is 13.5 Å². The van der Waals surface area contributed by atoms with Gasteiger partial charge >= 0.3 is 5.97 Å². The zero-order valence-electron chi connectivity index (χ0n) is 19.1. The number of hydrogen-bond acceptors (Lipinski definition) is 10. The van der Waals surface area contributed by atoms with E-state index in [0.29, 0.717) is 29.4 Å². The number of pyridine rings is 1. The van der Waals surface area contributed by atoms with Gasteiger partial charge in [-0.25, -0.2) is 9.78 Å². The van der Waals surface area contributed by atoms with Gasteiger partial charge < -0.3 is 19.7 Å². The summed E-state index contributed by atoms with van der Waals surface area (Å²) in [6, 6.07) is 10.7. The maximum atomic E-state index is 12.5. The third-order valence-corrected chi connectivity index (χ3v) is 6.23. The molecule has 1 aromatic carbocycles. The topological polar surface area (TPSA) is 110 Å². The Morgan fingerprint density at radius 1 is 1.06 bits per heavy atom. The number of ether oxygens (including phenoxy) is 2. The van der Waals surface area contributed by atoms with Crippen molar-refractivity contribution in [3.63, 3.8) is 0 Å². The highest BCUT2D eigenvalue weighted by atomic mass is 32.1. The summed E-state index contributed by atoms with van der Waals surface area (Å²) in [5.41, 5.74) is 1.12. The number of anilines is 2. The van der Waals surface area contributed by atoms with Crippen molar-refractivity contribution in [1.82, 2.24) is 20.1 Å². The lowest BCUT2D eigenvalue weighted by atomic mass is 10.2. The first-order valence-corrected chi connectivity index (χ1v) is 11.8. The van der Waals surface area contributed by atoms with Crippen LogP contribution < -0.4 is 15.0 Å². The maximum absolute atomic E-state index is 12.5.